The quantitative estimate of drug-likeness (QED) is 0.729. The number of likely N-dealkylation sites (N-methyl/N-ethyl adjacent to an activating group) is 1. The van der Waals surface area contributed by atoms with Gasteiger partial charge in [0.15, 0.2) is 0 Å². The van der Waals surface area contributed by atoms with Gasteiger partial charge in [0.2, 0.25) is 15.9 Å². The average Bonchev–Trinajstić information content (AvgIpc) is 2.61. The molecule has 0 fully saturated rings. The summed E-state index contributed by atoms with van der Waals surface area (Å²) in [5.41, 5.74) is -1.11. The van der Waals surface area contributed by atoms with Crippen molar-refractivity contribution < 1.29 is 35.5 Å². The third-order valence-corrected chi connectivity index (χ3v) is 5.48. The van der Waals surface area contributed by atoms with E-state index >= 15 is 0 Å². The fourth-order valence-electron chi connectivity index (χ4n) is 2.28. The number of carbonyl (C=O) groups is 1. The van der Waals surface area contributed by atoms with Crippen molar-refractivity contribution in [2.24, 2.45) is 0 Å². The Labute approximate surface area is 158 Å². The van der Waals surface area contributed by atoms with E-state index in [1.807, 2.05) is 0 Å². The molecule has 28 heavy (non-hydrogen) atoms. The smallest absolute Gasteiger partial charge is 0.416 e. The van der Waals surface area contributed by atoms with E-state index in [9.17, 15) is 30.8 Å². The lowest BCUT2D eigenvalue weighted by atomic mass is 10.2. The first-order valence-corrected chi connectivity index (χ1v) is 9.16. The molecule has 0 aliphatic rings. The number of amides is 1. The fourth-order valence-corrected chi connectivity index (χ4v) is 3.57. The lowest BCUT2D eigenvalue weighted by molar-refractivity contribution is -0.137. The lowest BCUT2D eigenvalue weighted by Gasteiger charge is -2.18. The van der Waals surface area contributed by atoms with Gasteiger partial charge in [-0.25, -0.2) is 12.8 Å². The van der Waals surface area contributed by atoms with Crippen LogP contribution in [0.2, 0.25) is 0 Å². The maximum atomic E-state index is 13.5. The van der Waals surface area contributed by atoms with Crippen molar-refractivity contribution in [2.75, 3.05) is 26.0 Å². The zero-order valence-corrected chi connectivity index (χ0v) is 15.6. The summed E-state index contributed by atoms with van der Waals surface area (Å²) in [7, 11) is -2.02. The molecule has 0 saturated heterocycles. The number of anilines is 1. The van der Waals surface area contributed by atoms with Crippen LogP contribution in [-0.4, -0.2) is 39.3 Å². The molecule has 6 nitrogen and oxygen atoms in total. The highest BCUT2D eigenvalue weighted by Gasteiger charge is 2.31. The number of alkyl halides is 3. The largest absolute Gasteiger partial charge is 0.495 e. The van der Waals surface area contributed by atoms with Crippen molar-refractivity contribution in [3.8, 4) is 5.75 Å². The molecule has 2 aromatic rings. The number of methoxy groups -OCH3 is 1. The van der Waals surface area contributed by atoms with Gasteiger partial charge in [-0.15, -0.1) is 0 Å². The SMILES string of the molecule is COc1ccc(F)cc1S(=O)(=O)N(C)CC(=O)Nc1cccc(C(F)(F)F)c1. The Bertz CT molecular complexity index is 977. The Balaban J connectivity index is 2.17. The van der Waals surface area contributed by atoms with Crippen LogP contribution in [0.5, 0.6) is 5.75 Å². The van der Waals surface area contributed by atoms with Crippen LogP contribution in [0.3, 0.4) is 0 Å². The first-order chi connectivity index (χ1) is 12.9. The van der Waals surface area contributed by atoms with E-state index < -0.39 is 44.9 Å². The molecule has 0 bridgehead atoms. The second kappa shape index (κ2) is 8.15. The summed E-state index contributed by atoms with van der Waals surface area (Å²) in [6.45, 7) is -0.710. The molecule has 2 aromatic carbocycles. The monoisotopic (exact) mass is 420 g/mol. The highest BCUT2D eigenvalue weighted by molar-refractivity contribution is 7.89. The van der Waals surface area contributed by atoms with Crippen molar-refractivity contribution in [3.05, 3.63) is 53.8 Å². The maximum absolute atomic E-state index is 13.5. The van der Waals surface area contributed by atoms with Crippen LogP contribution in [0.1, 0.15) is 5.56 Å². The zero-order valence-electron chi connectivity index (χ0n) is 14.7. The third kappa shape index (κ3) is 4.98. The summed E-state index contributed by atoms with van der Waals surface area (Å²) in [5, 5.41) is 2.20. The first kappa shape index (κ1) is 21.6. The summed E-state index contributed by atoms with van der Waals surface area (Å²) in [6, 6.07) is 6.78. The number of nitrogens with zero attached hydrogens (tertiary/aromatic N) is 1. The highest BCUT2D eigenvalue weighted by Crippen LogP contribution is 2.31. The van der Waals surface area contributed by atoms with Crippen LogP contribution in [0.15, 0.2) is 47.4 Å². The molecule has 0 radical (unpaired) electrons. The molecular formula is C17H16F4N2O4S. The number of halogens is 4. The number of rotatable bonds is 6. The van der Waals surface area contributed by atoms with E-state index in [4.69, 9.17) is 4.74 Å². The molecular weight excluding hydrogens is 404 g/mol. The first-order valence-electron chi connectivity index (χ1n) is 7.72. The molecule has 0 aliphatic carbocycles. The van der Waals surface area contributed by atoms with E-state index in [0.717, 1.165) is 43.4 Å². The van der Waals surface area contributed by atoms with Gasteiger partial charge in [-0.05, 0) is 36.4 Å². The van der Waals surface area contributed by atoms with E-state index in [0.29, 0.717) is 4.31 Å². The second-order valence-corrected chi connectivity index (χ2v) is 7.70. The van der Waals surface area contributed by atoms with Crippen molar-refractivity contribution >= 4 is 21.6 Å². The minimum absolute atomic E-state index is 0.119. The number of ether oxygens (including phenoxy) is 1. The Morgan fingerprint density at radius 3 is 2.46 bits per heavy atom. The minimum atomic E-state index is -4.59. The summed E-state index contributed by atoms with van der Waals surface area (Å²) < 4.78 is 82.3. The zero-order chi connectivity index (χ0) is 21.1. The highest BCUT2D eigenvalue weighted by atomic mass is 32.2. The molecule has 0 aliphatic heterocycles. The number of carbonyl (C=O) groups excluding carboxylic acids is 1. The van der Waals surface area contributed by atoms with E-state index in [1.165, 1.54) is 13.2 Å². The second-order valence-electron chi connectivity index (χ2n) is 5.68. The van der Waals surface area contributed by atoms with Crippen LogP contribution in [-0.2, 0) is 21.0 Å². The molecule has 0 saturated carbocycles. The minimum Gasteiger partial charge on any atom is -0.495 e. The Hall–Kier alpha value is -2.66. The Kier molecular flexibility index (Phi) is 6.30. The molecule has 0 aromatic heterocycles. The molecule has 1 amide bonds. The number of hydrogen-bond acceptors (Lipinski definition) is 4. The van der Waals surface area contributed by atoms with Gasteiger partial charge in [0.05, 0.1) is 19.2 Å². The summed E-state index contributed by atoms with van der Waals surface area (Å²) in [6.07, 6.45) is -4.59. The standard InChI is InChI=1S/C17H16F4N2O4S/c1-23(28(25,26)15-9-12(18)6-7-14(15)27-2)10-16(24)22-13-5-3-4-11(8-13)17(19,20)21/h3-9H,10H2,1-2H3,(H,22,24). The van der Waals surface area contributed by atoms with Crippen LogP contribution >= 0.6 is 0 Å². The van der Waals surface area contributed by atoms with Crippen LogP contribution in [0.25, 0.3) is 0 Å². The molecule has 0 unspecified atom stereocenters. The summed E-state index contributed by atoms with van der Waals surface area (Å²) >= 11 is 0. The van der Waals surface area contributed by atoms with E-state index in [2.05, 4.69) is 5.32 Å². The average molecular weight is 420 g/mol. The maximum Gasteiger partial charge on any atom is 0.416 e. The number of sulfonamides is 1. The molecule has 11 heteroatoms. The van der Waals surface area contributed by atoms with Crippen LogP contribution in [0.4, 0.5) is 23.2 Å². The normalized spacial score (nSPS) is 12.1. The van der Waals surface area contributed by atoms with Gasteiger partial charge in [-0.2, -0.15) is 17.5 Å². The fraction of sp³-hybridized carbons (Fsp3) is 0.235. The third-order valence-electron chi connectivity index (χ3n) is 3.65. The van der Waals surface area contributed by atoms with Crippen molar-refractivity contribution in [1.29, 1.82) is 0 Å². The van der Waals surface area contributed by atoms with Crippen molar-refractivity contribution in [3.63, 3.8) is 0 Å². The van der Waals surface area contributed by atoms with E-state index in [-0.39, 0.29) is 11.4 Å². The lowest BCUT2D eigenvalue weighted by Crippen LogP contribution is -2.35. The van der Waals surface area contributed by atoms with Gasteiger partial charge in [0.1, 0.15) is 16.5 Å². The summed E-state index contributed by atoms with van der Waals surface area (Å²) in [4.78, 5) is 11.6. The Morgan fingerprint density at radius 1 is 1.18 bits per heavy atom. The van der Waals surface area contributed by atoms with Gasteiger partial charge in [0, 0.05) is 12.7 Å². The topological polar surface area (TPSA) is 75.7 Å². The molecule has 0 atom stereocenters. The van der Waals surface area contributed by atoms with E-state index in [1.54, 1.807) is 0 Å². The Morgan fingerprint density at radius 2 is 1.86 bits per heavy atom. The van der Waals surface area contributed by atoms with Gasteiger partial charge in [-0.3, -0.25) is 4.79 Å². The van der Waals surface area contributed by atoms with Gasteiger partial charge in [0.25, 0.3) is 0 Å². The van der Waals surface area contributed by atoms with Crippen molar-refractivity contribution in [2.45, 2.75) is 11.1 Å². The molecule has 0 heterocycles. The van der Waals surface area contributed by atoms with Gasteiger partial charge in [-0.1, -0.05) is 6.07 Å². The summed E-state index contributed by atoms with van der Waals surface area (Å²) in [5.74, 6) is -1.81. The van der Waals surface area contributed by atoms with Crippen LogP contribution < -0.4 is 10.1 Å². The number of hydrogen-bond donors (Lipinski definition) is 1. The van der Waals surface area contributed by atoms with Gasteiger partial charge < -0.3 is 10.1 Å². The molecule has 152 valence electrons. The number of benzene rings is 2. The molecule has 2 rings (SSSR count). The molecule has 0 spiro atoms. The number of nitrogens with one attached hydrogen (secondary N) is 1. The van der Waals surface area contributed by atoms with Crippen molar-refractivity contribution in [1.82, 2.24) is 4.31 Å². The predicted octanol–water partition coefficient (Wildman–Crippen LogP) is 3.11. The molecule has 1 N–H and O–H groups in total. The predicted molar refractivity (Wildman–Crippen MR) is 92.8 cm³/mol. The van der Waals surface area contributed by atoms with Gasteiger partial charge >= 0.3 is 6.18 Å². The van der Waals surface area contributed by atoms with Crippen LogP contribution in [0, 0.1) is 5.82 Å².